The van der Waals surface area contributed by atoms with Crippen LogP contribution in [0.1, 0.15) is 23.5 Å². The fraction of sp³-hybridized carbons (Fsp3) is 0.750. The molecule has 0 aliphatic rings. The van der Waals surface area contributed by atoms with Crippen LogP contribution in [0.25, 0.3) is 0 Å². The molecule has 0 radical (unpaired) electrons. The normalized spacial score (nSPS) is 13.2. The molecule has 74 valence electrons. The summed E-state index contributed by atoms with van der Waals surface area (Å²) < 4.78 is 9.05. The summed E-state index contributed by atoms with van der Waals surface area (Å²) in [5.74, 6) is 0. The lowest BCUT2D eigenvalue weighted by molar-refractivity contribution is 0.171. The van der Waals surface area contributed by atoms with E-state index in [2.05, 4.69) is 21.8 Å². The highest BCUT2D eigenvalue weighted by atomic mass is 32.1. The maximum atomic E-state index is 5.11. The molecule has 5 heteroatoms. The number of hydrogen-bond acceptors (Lipinski definition) is 5. The van der Waals surface area contributed by atoms with Crippen LogP contribution < -0.4 is 5.32 Å². The molecule has 4 nitrogen and oxygen atoms in total. The monoisotopic (exact) mass is 201 g/mol. The molecule has 0 saturated heterocycles. The van der Waals surface area contributed by atoms with Crippen LogP contribution >= 0.6 is 11.5 Å². The van der Waals surface area contributed by atoms with Crippen LogP contribution in [0.15, 0.2) is 0 Å². The van der Waals surface area contributed by atoms with Crippen LogP contribution in [0.5, 0.6) is 0 Å². The summed E-state index contributed by atoms with van der Waals surface area (Å²) in [6, 6.07) is 0.222. The lowest BCUT2D eigenvalue weighted by Crippen LogP contribution is -2.21. The van der Waals surface area contributed by atoms with E-state index in [0.717, 1.165) is 12.1 Å². The Labute approximate surface area is 82.5 Å². The molecule has 1 atom stereocenters. The van der Waals surface area contributed by atoms with E-state index < -0.39 is 0 Å². The summed E-state index contributed by atoms with van der Waals surface area (Å²) in [6.45, 7) is 2.74. The lowest BCUT2D eigenvalue weighted by Gasteiger charge is -2.13. The van der Waals surface area contributed by atoms with Crippen molar-refractivity contribution in [2.45, 2.75) is 19.4 Å². The summed E-state index contributed by atoms with van der Waals surface area (Å²) >= 11 is 1.44. The highest BCUT2D eigenvalue weighted by molar-refractivity contribution is 7.05. The van der Waals surface area contributed by atoms with E-state index >= 15 is 0 Å². The number of methoxy groups -OCH3 is 1. The molecule has 0 bridgehead atoms. The average Bonchev–Trinajstić information content (AvgIpc) is 2.61. The van der Waals surface area contributed by atoms with Gasteiger partial charge < -0.3 is 10.1 Å². The highest BCUT2D eigenvalue weighted by Crippen LogP contribution is 2.20. The quantitative estimate of drug-likeness (QED) is 0.772. The standard InChI is InChI=1S/C8H15N3OS/c1-4-6-8(13-11-10-6)7(9-2)5-12-3/h7,9H,4-5H2,1-3H3. The Morgan fingerprint density at radius 1 is 1.62 bits per heavy atom. The van der Waals surface area contributed by atoms with Gasteiger partial charge in [-0.2, -0.15) is 0 Å². The summed E-state index contributed by atoms with van der Waals surface area (Å²) in [5.41, 5.74) is 1.07. The molecule has 0 aromatic carbocycles. The molecule has 1 rings (SSSR count). The van der Waals surface area contributed by atoms with Gasteiger partial charge in [-0.15, -0.1) is 5.10 Å². The highest BCUT2D eigenvalue weighted by Gasteiger charge is 2.16. The Morgan fingerprint density at radius 3 is 2.92 bits per heavy atom. The lowest BCUT2D eigenvalue weighted by atomic mass is 10.2. The molecule has 0 fully saturated rings. The number of aryl methyl sites for hydroxylation is 1. The first-order valence-electron chi connectivity index (χ1n) is 4.30. The minimum Gasteiger partial charge on any atom is -0.383 e. The first-order valence-corrected chi connectivity index (χ1v) is 5.08. The fourth-order valence-electron chi connectivity index (χ4n) is 1.18. The predicted octanol–water partition coefficient (Wildman–Crippen LogP) is 1.01. The van der Waals surface area contributed by atoms with Crippen molar-refractivity contribution in [1.82, 2.24) is 14.9 Å². The fourth-order valence-corrected chi connectivity index (χ4v) is 2.01. The maximum absolute atomic E-state index is 5.11. The number of ether oxygens (including phenoxy) is 1. The van der Waals surface area contributed by atoms with Gasteiger partial charge in [-0.05, 0) is 25.0 Å². The molecule has 1 heterocycles. The molecule has 0 saturated carbocycles. The Morgan fingerprint density at radius 2 is 2.38 bits per heavy atom. The summed E-state index contributed by atoms with van der Waals surface area (Å²) in [7, 11) is 3.62. The largest absolute Gasteiger partial charge is 0.383 e. The van der Waals surface area contributed by atoms with Crippen LogP contribution in [0.3, 0.4) is 0 Å². The van der Waals surface area contributed by atoms with Gasteiger partial charge in [-0.1, -0.05) is 11.4 Å². The minimum atomic E-state index is 0.222. The van der Waals surface area contributed by atoms with Gasteiger partial charge in [0, 0.05) is 7.11 Å². The maximum Gasteiger partial charge on any atom is 0.0801 e. The summed E-state index contributed by atoms with van der Waals surface area (Å²) in [5, 5.41) is 7.24. The van der Waals surface area contributed by atoms with Crippen molar-refractivity contribution in [2.24, 2.45) is 0 Å². The second kappa shape index (κ2) is 5.26. The van der Waals surface area contributed by atoms with E-state index in [1.54, 1.807) is 7.11 Å². The van der Waals surface area contributed by atoms with E-state index in [1.807, 2.05) is 7.05 Å². The van der Waals surface area contributed by atoms with E-state index in [0.29, 0.717) is 6.61 Å². The van der Waals surface area contributed by atoms with Crippen molar-refractivity contribution < 1.29 is 4.74 Å². The number of aromatic nitrogens is 2. The number of nitrogens with one attached hydrogen (secondary N) is 1. The third-order valence-corrected chi connectivity index (χ3v) is 2.80. The molecule has 0 amide bonds. The Balaban J connectivity index is 2.77. The Kier molecular flexibility index (Phi) is 4.27. The van der Waals surface area contributed by atoms with Crippen molar-refractivity contribution >= 4 is 11.5 Å². The first-order chi connectivity index (χ1) is 6.33. The zero-order valence-corrected chi connectivity index (χ0v) is 9.02. The van der Waals surface area contributed by atoms with Crippen molar-refractivity contribution in [3.8, 4) is 0 Å². The van der Waals surface area contributed by atoms with Crippen LogP contribution in [0, 0.1) is 0 Å². The average molecular weight is 201 g/mol. The molecular weight excluding hydrogens is 186 g/mol. The molecule has 0 aliphatic carbocycles. The smallest absolute Gasteiger partial charge is 0.0801 e. The topological polar surface area (TPSA) is 47.0 Å². The molecule has 13 heavy (non-hydrogen) atoms. The van der Waals surface area contributed by atoms with Gasteiger partial charge in [-0.3, -0.25) is 0 Å². The van der Waals surface area contributed by atoms with Gasteiger partial charge in [0.05, 0.1) is 23.2 Å². The number of rotatable bonds is 5. The Hall–Kier alpha value is -0.520. The predicted molar refractivity (Wildman–Crippen MR) is 53.0 cm³/mol. The number of likely N-dealkylation sites (N-methyl/N-ethyl adjacent to an activating group) is 1. The molecule has 0 aliphatic heterocycles. The van der Waals surface area contributed by atoms with E-state index in [1.165, 1.54) is 16.4 Å². The van der Waals surface area contributed by atoms with Gasteiger partial charge >= 0.3 is 0 Å². The molecule has 1 unspecified atom stereocenters. The van der Waals surface area contributed by atoms with Gasteiger partial charge in [0.25, 0.3) is 0 Å². The number of hydrogen-bond donors (Lipinski definition) is 1. The molecular formula is C8H15N3OS. The summed E-state index contributed by atoms with van der Waals surface area (Å²) in [6.07, 6.45) is 0.924. The van der Waals surface area contributed by atoms with E-state index in [4.69, 9.17) is 4.74 Å². The van der Waals surface area contributed by atoms with Crippen molar-refractivity contribution in [3.05, 3.63) is 10.6 Å². The summed E-state index contributed by atoms with van der Waals surface area (Å²) in [4.78, 5) is 1.19. The van der Waals surface area contributed by atoms with Gasteiger partial charge in [0.15, 0.2) is 0 Å². The van der Waals surface area contributed by atoms with Crippen LogP contribution in [-0.4, -0.2) is 30.4 Å². The SMILES string of the molecule is CCc1nnsc1C(COC)NC. The molecule has 0 spiro atoms. The van der Waals surface area contributed by atoms with Gasteiger partial charge in [0.2, 0.25) is 0 Å². The van der Waals surface area contributed by atoms with E-state index in [-0.39, 0.29) is 6.04 Å². The molecule has 1 aromatic rings. The van der Waals surface area contributed by atoms with Crippen LogP contribution in [0.4, 0.5) is 0 Å². The van der Waals surface area contributed by atoms with Crippen molar-refractivity contribution in [1.29, 1.82) is 0 Å². The first kappa shape index (κ1) is 10.6. The Bertz CT molecular complexity index is 251. The van der Waals surface area contributed by atoms with Crippen molar-refractivity contribution in [3.63, 3.8) is 0 Å². The third-order valence-electron chi connectivity index (χ3n) is 1.92. The third kappa shape index (κ3) is 2.46. The number of nitrogens with zero attached hydrogens (tertiary/aromatic N) is 2. The van der Waals surface area contributed by atoms with Gasteiger partial charge in [0.1, 0.15) is 0 Å². The molecule has 1 N–H and O–H groups in total. The van der Waals surface area contributed by atoms with Gasteiger partial charge in [-0.25, -0.2) is 0 Å². The second-order valence-corrected chi connectivity index (χ2v) is 3.52. The molecule has 1 aromatic heterocycles. The van der Waals surface area contributed by atoms with Crippen LogP contribution in [0.2, 0.25) is 0 Å². The zero-order valence-electron chi connectivity index (χ0n) is 8.20. The zero-order chi connectivity index (χ0) is 9.68. The second-order valence-electron chi connectivity index (χ2n) is 2.73. The minimum absolute atomic E-state index is 0.222. The van der Waals surface area contributed by atoms with E-state index in [9.17, 15) is 0 Å². The van der Waals surface area contributed by atoms with Crippen LogP contribution in [-0.2, 0) is 11.2 Å². The van der Waals surface area contributed by atoms with Crippen molar-refractivity contribution in [2.75, 3.05) is 20.8 Å².